The van der Waals surface area contributed by atoms with Crippen LogP contribution < -0.4 is 4.90 Å². The average molecular weight is 237 g/mol. The third-order valence-corrected chi connectivity index (χ3v) is 2.61. The molecule has 0 amide bonds. The van der Waals surface area contributed by atoms with E-state index in [4.69, 9.17) is 4.74 Å². The van der Waals surface area contributed by atoms with Crippen LogP contribution in [-0.2, 0) is 4.74 Å². The van der Waals surface area contributed by atoms with Gasteiger partial charge in [0.2, 0.25) is 0 Å². The molecule has 94 valence electrons. The highest BCUT2D eigenvalue weighted by Crippen LogP contribution is 2.25. The molecule has 0 aliphatic carbocycles. The largest absolute Gasteiger partial charge is 0.507 e. The molecule has 0 spiro atoms. The van der Waals surface area contributed by atoms with Gasteiger partial charge < -0.3 is 14.7 Å². The molecular formula is C13H19NO3. The summed E-state index contributed by atoms with van der Waals surface area (Å²) in [6.07, 6.45) is 0. The summed E-state index contributed by atoms with van der Waals surface area (Å²) in [6, 6.07) is 5.01. The second kappa shape index (κ2) is 6.13. The van der Waals surface area contributed by atoms with Gasteiger partial charge >= 0.3 is 5.97 Å². The number of nitrogens with zero attached hydrogens (tertiary/aromatic N) is 1. The van der Waals surface area contributed by atoms with Crippen LogP contribution >= 0.6 is 0 Å². The molecule has 4 nitrogen and oxygen atoms in total. The second-order valence-electron chi connectivity index (χ2n) is 3.59. The van der Waals surface area contributed by atoms with Gasteiger partial charge in [0.1, 0.15) is 11.3 Å². The Morgan fingerprint density at radius 2 is 1.94 bits per heavy atom. The topological polar surface area (TPSA) is 49.8 Å². The van der Waals surface area contributed by atoms with E-state index in [1.54, 1.807) is 19.1 Å². The quantitative estimate of drug-likeness (QED) is 0.799. The van der Waals surface area contributed by atoms with Gasteiger partial charge in [-0.05, 0) is 32.9 Å². The maximum Gasteiger partial charge on any atom is 0.341 e. The lowest BCUT2D eigenvalue weighted by molar-refractivity contribution is 0.0523. The molecule has 0 aliphatic heterocycles. The van der Waals surface area contributed by atoms with Crippen molar-refractivity contribution in [2.45, 2.75) is 20.8 Å². The number of anilines is 1. The van der Waals surface area contributed by atoms with Crippen molar-refractivity contribution >= 4 is 11.7 Å². The molecule has 0 saturated carbocycles. The molecule has 0 heterocycles. The van der Waals surface area contributed by atoms with Crippen LogP contribution in [0.2, 0.25) is 0 Å². The fraction of sp³-hybridized carbons (Fsp3) is 0.462. The zero-order valence-electron chi connectivity index (χ0n) is 10.6. The fourth-order valence-corrected chi connectivity index (χ4v) is 1.69. The molecule has 0 aromatic heterocycles. The lowest BCUT2D eigenvalue weighted by atomic mass is 10.1. The van der Waals surface area contributed by atoms with Crippen LogP contribution in [0.5, 0.6) is 5.75 Å². The summed E-state index contributed by atoms with van der Waals surface area (Å²) >= 11 is 0. The minimum atomic E-state index is -0.490. The van der Waals surface area contributed by atoms with Gasteiger partial charge in [-0.3, -0.25) is 0 Å². The summed E-state index contributed by atoms with van der Waals surface area (Å²) in [7, 11) is 0. The number of phenolic OH excluding ortho intramolecular Hbond substituents is 1. The minimum Gasteiger partial charge on any atom is -0.507 e. The Morgan fingerprint density at radius 3 is 2.41 bits per heavy atom. The first kappa shape index (κ1) is 13.4. The SMILES string of the molecule is CCOC(=O)c1ccc(N(CC)CC)cc1O. The number of ether oxygens (including phenoxy) is 1. The van der Waals surface area contributed by atoms with Gasteiger partial charge in [-0.1, -0.05) is 0 Å². The number of rotatable bonds is 5. The molecule has 0 radical (unpaired) electrons. The molecule has 0 unspecified atom stereocenters. The second-order valence-corrected chi connectivity index (χ2v) is 3.59. The van der Waals surface area contributed by atoms with Crippen molar-refractivity contribution in [3.8, 4) is 5.75 Å². The van der Waals surface area contributed by atoms with Gasteiger partial charge in [0.25, 0.3) is 0 Å². The van der Waals surface area contributed by atoms with E-state index in [-0.39, 0.29) is 11.3 Å². The van der Waals surface area contributed by atoms with Crippen molar-refractivity contribution in [2.24, 2.45) is 0 Å². The predicted molar refractivity (Wildman–Crippen MR) is 67.6 cm³/mol. The maximum absolute atomic E-state index is 11.5. The molecule has 17 heavy (non-hydrogen) atoms. The van der Waals surface area contributed by atoms with E-state index in [0.717, 1.165) is 18.8 Å². The Balaban J connectivity index is 2.97. The zero-order chi connectivity index (χ0) is 12.8. The summed E-state index contributed by atoms with van der Waals surface area (Å²) in [4.78, 5) is 13.6. The van der Waals surface area contributed by atoms with Crippen LogP contribution in [-0.4, -0.2) is 30.8 Å². The summed E-state index contributed by atoms with van der Waals surface area (Å²) in [5.74, 6) is -0.524. The van der Waals surface area contributed by atoms with Gasteiger partial charge in [-0.15, -0.1) is 0 Å². The summed E-state index contributed by atoms with van der Waals surface area (Å²) in [5, 5.41) is 9.80. The Kier molecular flexibility index (Phi) is 4.82. The summed E-state index contributed by atoms with van der Waals surface area (Å²) < 4.78 is 4.85. The predicted octanol–water partition coefficient (Wildman–Crippen LogP) is 2.42. The van der Waals surface area contributed by atoms with Crippen LogP contribution in [0.25, 0.3) is 0 Å². The zero-order valence-corrected chi connectivity index (χ0v) is 10.6. The fourth-order valence-electron chi connectivity index (χ4n) is 1.69. The molecule has 0 saturated heterocycles. The van der Waals surface area contributed by atoms with Crippen LogP contribution in [0.3, 0.4) is 0 Å². The van der Waals surface area contributed by atoms with Crippen molar-refractivity contribution in [3.63, 3.8) is 0 Å². The monoisotopic (exact) mass is 237 g/mol. The third kappa shape index (κ3) is 3.12. The highest BCUT2D eigenvalue weighted by molar-refractivity contribution is 5.93. The van der Waals surface area contributed by atoms with Gasteiger partial charge in [0, 0.05) is 24.8 Å². The minimum absolute atomic E-state index is 0.0344. The van der Waals surface area contributed by atoms with E-state index < -0.39 is 5.97 Å². The lowest BCUT2D eigenvalue weighted by Gasteiger charge is -2.21. The van der Waals surface area contributed by atoms with Crippen molar-refractivity contribution in [3.05, 3.63) is 23.8 Å². The Hall–Kier alpha value is -1.71. The molecule has 0 fully saturated rings. The van der Waals surface area contributed by atoms with Crippen LogP contribution in [0, 0.1) is 0 Å². The van der Waals surface area contributed by atoms with E-state index in [1.165, 1.54) is 0 Å². The first-order valence-corrected chi connectivity index (χ1v) is 5.89. The first-order valence-electron chi connectivity index (χ1n) is 5.89. The van der Waals surface area contributed by atoms with E-state index >= 15 is 0 Å². The van der Waals surface area contributed by atoms with Crippen LogP contribution in [0.15, 0.2) is 18.2 Å². The number of hydrogen-bond acceptors (Lipinski definition) is 4. The number of aromatic hydroxyl groups is 1. The molecule has 0 bridgehead atoms. The Labute approximate surface area is 102 Å². The third-order valence-electron chi connectivity index (χ3n) is 2.61. The van der Waals surface area contributed by atoms with Gasteiger partial charge in [0.15, 0.2) is 0 Å². The van der Waals surface area contributed by atoms with Gasteiger partial charge in [-0.2, -0.15) is 0 Å². The first-order chi connectivity index (χ1) is 8.13. The molecular weight excluding hydrogens is 218 g/mol. The number of phenols is 1. The maximum atomic E-state index is 11.5. The van der Waals surface area contributed by atoms with E-state index in [1.807, 2.05) is 19.9 Å². The van der Waals surface area contributed by atoms with Crippen LogP contribution in [0.4, 0.5) is 5.69 Å². The average Bonchev–Trinajstić information content (AvgIpc) is 2.31. The molecule has 1 aromatic carbocycles. The molecule has 1 rings (SSSR count). The van der Waals surface area contributed by atoms with Crippen LogP contribution in [0.1, 0.15) is 31.1 Å². The number of benzene rings is 1. The molecule has 1 aromatic rings. The normalized spacial score (nSPS) is 10.1. The van der Waals surface area contributed by atoms with Crippen molar-refractivity contribution in [2.75, 3.05) is 24.6 Å². The van der Waals surface area contributed by atoms with E-state index in [9.17, 15) is 9.90 Å². The summed E-state index contributed by atoms with van der Waals surface area (Å²) in [5.41, 5.74) is 1.11. The standard InChI is InChI=1S/C13H19NO3/c1-4-14(5-2)10-7-8-11(12(15)9-10)13(16)17-6-3/h7-9,15H,4-6H2,1-3H3. The van der Waals surface area contributed by atoms with E-state index in [0.29, 0.717) is 6.61 Å². The molecule has 1 N–H and O–H groups in total. The highest BCUT2D eigenvalue weighted by Gasteiger charge is 2.13. The van der Waals surface area contributed by atoms with Crippen molar-refractivity contribution in [1.29, 1.82) is 0 Å². The number of hydrogen-bond donors (Lipinski definition) is 1. The molecule has 0 atom stereocenters. The Morgan fingerprint density at radius 1 is 1.29 bits per heavy atom. The number of carbonyl (C=O) groups is 1. The lowest BCUT2D eigenvalue weighted by Crippen LogP contribution is -2.21. The van der Waals surface area contributed by atoms with Crippen molar-refractivity contribution < 1.29 is 14.6 Å². The van der Waals surface area contributed by atoms with E-state index in [2.05, 4.69) is 4.90 Å². The van der Waals surface area contributed by atoms with Gasteiger partial charge in [-0.25, -0.2) is 4.79 Å². The Bertz CT molecular complexity index is 386. The van der Waals surface area contributed by atoms with Crippen molar-refractivity contribution in [1.82, 2.24) is 0 Å². The molecule has 0 aliphatic rings. The van der Waals surface area contributed by atoms with Gasteiger partial charge in [0.05, 0.1) is 6.61 Å². The molecule has 4 heteroatoms. The number of esters is 1. The highest BCUT2D eigenvalue weighted by atomic mass is 16.5. The summed E-state index contributed by atoms with van der Waals surface area (Å²) in [6.45, 7) is 7.83. The number of carbonyl (C=O) groups excluding carboxylic acids is 1. The smallest absolute Gasteiger partial charge is 0.341 e.